The van der Waals surface area contributed by atoms with Crippen LogP contribution in [0.1, 0.15) is 105 Å². The molecule has 0 aromatic carbocycles. The fourth-order valence-corrected chi connectivity index (χ4v) is 3.08. The molecule has 0 saturated heterocycles. The SMILES string of the molecule is CCCC(C)NCCCCCCCCCCNC(C)CCC. The first-order chi connectivity index (χ1) is 10.7. The highest BCUT2D eigenvalue weighted by Gasteiger charge is 1.99. The van der Waals surface area contributed by atoms with Crippen LogP contribution in [0, 0.1) is 0 Å². The van der Waals surface area contributed by atoms with Crippen LogP contribution in [0.4, 0.5) is 0 Å². The second kappa shape index (κ2) is 17.3. The van der Waals surface area contributed by atoms with Crippen LogP contribution in [-0.4, -0.2) is 25.2 Å². The third-order valence-corrected chi connectivity index (χ3v) is 4.53. The molecule has 0 aromatic rings. The molecule has 0 rings (SSSR count). The van der Waals surface area contributed by atoms with Crippen molar-refractivity contribution in [3.05, 3.63) is 0 Å². The van der Waals surface area contributed by atoms with Gasteiger partial charge in [-0.1, -0.05) is 65.2 Å². The first-order valence-corrected chi connectivity index (χ1v) is 10.2. The zero-order valence-corrected chi connectivity index (χ0v) is 16.1. The molecule has 0 radical (unpaired) electrons. The van der Waals surface area contributed by atoms with Crippen LogP contribution in [0.15, 0.2) is 0 Å². The van der Waals surface area contributed by atoms with Crippen molar-refractivity contribution in [2.24, 2.45) is 0 Å². The smallest absolute Gasteiger partial charge is 0.00386 e. The summed E-state index contributed by atoms with van der Waals surface area (Å²) in [7, 11) is 0. The Labute approximate surface area is 141 Å². The Hall–Kier alpha value is -0.0800. The first-order valence-electron chi connectivity index (χ1n) is 10.2. The zero-order chi connectivity index (χ0) is 16.5. The molecule has 2 nitrogen and oxygen atoms in total. The van der Waals surface area contributed by atoms with Gasteiger partial charge in [0.25, 0.3) is 0 Å². The average molecular weight is 313 g/mol. The highest BCUT2D eigenvalue weighted by atomic mass is 14.9. The molecule has 134 valence electrons. The summed E-state index contributed by atoms with van der Waals surface area (Å²) in [6.07, 6.45) is 16.4. The van der Waals surface area contributed by atoms with Crippen LogP contribution in [0.3, 0.4) is 0 Å². The number of rotatable bonds is 17. The predicted molar refractivity (Wildman–Crippen MR) is 102 cm³/mol. The fraction of sp³-hybridized carbons (Fsp3) is 1.00. The Bertz CT molecular complexity index is 184. The summed E-state index contributed by atoms with van der Waals surface area (Å²) >= 11 is 0. The molecule has 2 unspecified atom stereocenters. The van der Waals surface area contributed by atoms with E-state index in [2.05, 4.69) is 38.3 Å². The van der Waals surface area contributed by atoms with Crippen molar-refractivity contribution in [3.8, 4) is 0 Å². The normalized spacial score (nSPS) is 14.2. The average Bonchev–Trinajstić information content (AvgIpc) is 2.49. The molecule has 0 heterocycles. The quantitative estimate of drug-likeness (QED) is 0.338. The van der Waals surface area contributed by atoms with Gasteiger partial charge in [-0.3, -0.25) is 0 Å². The first kappa shape index (κ1) is 21.9. The van der Waals surface area contributed by atoms with Gasteiger partial charge in [-0.15, -0.1) is 0 Å². The van der Waals surface area contributed by atoms with E-state index in [9.17, 15) is 0 Å². The van der Waals surface area contributed by atoms with Gasteiger partial charge in [0, 0.05) is 12.1 Å². The lowest BCUT2D eigenvalue weighted by Crippen LogP contribution is -2.26. The maximum atomic E-state index is 3.62. The molecule has 2 heteroatoms. The van der Waals surface area contributed by atoms with E-state index >= 15 is 0 Å². The Balaban J connectivity index is 3.08. The summed E-state index contributed by atoms with van der Waals surface area (Å²) in [5.41, 5.74) is 0. The van der Waals surface area contributed by atoms with E-state index < -0.39 is 0 Å². The molecule has 2 N–H and O–H groups in total. The highest BCUT2D eigenvalue weighted by molar-refractivity contribution is 4.60. The zero-order valence-electron chi connectivity index (χ0n) is 16.1. The van der Waals surface area contributed by atoms with Crippen LogP contribution in [0.25, 0.3) is 0 Å². The Morgan fingerprint density at radius 1 is 0.545 bits per heavy atom. The summed E-state index contributed by atoms with van der Waals surface area (Å²) in [6, 6.07) is 1.41. The van der Waals surface area contributed by atoms with Crippen LogP contribution < -0.4 is 10.6 Å². The van der Waals surface area contributed by atoms with Gasteiger partial charge in [0.2, 0.25) is 0 Å². The minimum atomic E-state index is 0.707. The summed E-state index contributed by atoms with van der Waals surface area (Å²) < 4.78 is 0. The number of unbranched alkanes of at least 4 members (excludes halogenated alkanes) is 7. The number of nitrogens with one attached hydrogen (secondary N) is 2. The van der Waals surface area contributed by atoms with Crippen LogP contribution in [0.5, 0.6) is 0 Å². The van der Waals surface area contributed by atoms with Crippen molar-refractivity contribution in [2.45, 2.75) is 117 Å². The largest absolute Gasteiger partial charge is 0.314 e. The van der Waals surface area contributed by atoms with Crippen molar-refractivity contribution in [1.82, 2.24) is 10.6 Å². The molecule has 22 heavy (non-hydrogen) atoms. The monoisotopic (exact) mass is 312 g/mol. The Morgan fingerprint density at radius 3 is 1.18 bits per heavy atom. The van der Waals surface area contributed by atoms with E-state index in [-0.39, 0.29) is 0 Å². The van der Waals surface area contributed by atoms with Gasteiger partial charge in [0.05, 0.1) is 0 Å². The van der Waals surface area contributed by atoms with E-state index in [1.54, 1.807) is 0 Å². The minimum Gasteiger partial charge on any atom is -0.314 e. The van der Waals surface area contributed by atoms with Crippen molar-refractivity contribution in [2.75, 3.05) is 13.1 Å². The molecule has 0 aromatic heterocycles. The van der Waals surface area contributed by atoms with Gasteiger partial charge >= 0.3 is 0 Å². The van der Waals surface area contributed by atoms with Gasteiger partial charge in [-0.25, -0.2) is 0 Å². The third-order valence-electron chi connectivity index (χ3n) is 4.53. The van der Waals surface area contributed by atoms with Crippen molar-refractivity contribution >= 4 is 0 Å². The lowest BCUT2D eigenvalue weighted by atomic mass is 10.1. The molecule has 2 atom stereocenters. The van der Waals surface area contributed by atoms with Gasteiger partial charge in [0.15, 0.2) is 0 Å². The molecule has 0 spiro atoms. The van der Waals surface area contributed by atoms with E-state index in [1.807, 2.05) is 0 Å². The molecule has 0 bridgehead atoms. The van der Waals surface area contributed by atoms with Gasteiger partial charge in [-0.05, 0) is 52.6 Å². The summed E-state index contributed by atoms with van der Waals surface area (Å²) in [5, 5.41) is 7.24. The Morgan fingerprint density at radius 2 is 0.864 bits per heavy atom. The molecule has 0 saturated carbocycles. The molecule has 0 aliphatic carbocycles. The van der Waals surface area contributed by atoms with Crippen molar-refractivity contribution in [1.29, 1.82) is 0 Å². The number of hydrogen-bond acceptors (Lipinski definition) is 2. The second-order valence-corrected chi connectivity index (χ2v) is 7.12. The van der Waals surface area contributed by atoms with E-state index in [0.717, 1.165) is 0 Å². The highest BCUT2D eigenvalue weighted by Crippen LogP contribution is 2.08. The van der Waals surface area contributed by atoms with Crippen molar-refractivity contribution in [3.63, 3.8) is 0 Å². The standard InChI is InChI=1S/C20H44N2/c1-5-15-19(3)21-17-13-11-9-7-8-10-12-14-18-22-20(4)16-6-2/h19-22H,5-18H2,1-4H3. The predicted octanol–water partition coefficient (Wildman–Crippen LogP) is 5.66. The third kappa shape index (κ3) is 16.3. The van der Waals surface area contributed by atoms with E-state index in [4.69, 9.17) is 0 Å². The maximum Gasteiger partial charge on any atom is 0.00386 e. The van der Waals surface area contributed by atoms with E-state index in [1.165, 1.54) is 90.1 Å². The summed E-state index contributed by atoms with van der Waals surface area (Å²) in [5.74, 6) is 0. The van der Waals surface area contributed by atoms with Gasteiger partial charge in [-0.2, -0.15) is 0 Å². The lowest BCUT2D eigenvalue weighted by Gasteiger charge is -2.12. The minimum absolute atomic E-state index is 0.707. The van der Waals surface area contributed by atoms with Gasteiger partial charge in [0.1, 0.15) is 0 Å². The lowest BCUT2D eigenvalue weighted by molar-refractivity contribution is 0.477. The second-order valence-electron chi connectivity index (χ2n) is 7.12. The van der Waals surface area contributed by atoms with Crippen LogP contribution in [0.2, 0.25) is 0 Å². The fourth-order valence-electron chi connectivity index (χ4n) is 3.08. The molecule has 0 aliphatic rings. The number of hydrogen-bond donors (Lipinski definition) is 2. The molecule has 0 fully saturated rings. The van der Waals surface area contributed by atoms with Crippen LogP contribution in [-0.2, 0) is 0 Å². The summed E-state index contributed by atoms with van der Waals surface area (Å²) in [6.45, 7) is 11.6. The molecular weight excluding hydrogens is 268 g/mol. The van der Waals surface area contributed by atoms with Crippen molar-refractivity contribution < 1.29 is 0 Å². The van der Waals surface area contributed by atoms with Crippen LogP contribution >= 0.6 is 0 Å². The maximum absolute atomic E-state index is 3.62. The topological polar surface area (TPSA) is 24.1 Å². The van der Waals surface area contributed by atoms with E-state index in [0.29, 0.717) is 12.1 Å². The Kier molecular flexibility index (Phi) is 17.2. The summed E-state index contributed by atoms with van der Waals surface area (Å²) in [4.78, 5) is 0. The molecular formula is C20H44N2. The van der Waals surface area contributed by atoms with Gasteiger partial charge < -0.3 is 10.6 Å². The molecule has 0 aliphatic heterocycles. The molecule has 0 amide bonds.